The summed E-state index contributed by atoms with van der Waals surface area (Å²) < 4.78 is 4.68. The van der Waals surface area contributed by atoms with Crippen molar-refractivity contribution in [3.05, 3.63) is 70.4 Å². The number of aromatic nitrogens is 1. The summed E-state index contributed by atoms with van der Waals surface area (Å²) in [5.74, 6) is -0.412. The molecule has 8 nitrogen and oxygen atoms in total. The number of amides is 1. The Bertz CT molecular complexity index is 1050. The summed E-state index contributed by atoms with van der Waals surface area (Å²) in [6.07, 6.45) is 3.05. The molecule has 0 unspecified atom stereocenters. The third-order valence-corrected chi connectivity index (χ3v) is 4.82. The minimum atomic E-state index is -0.438. The number of nitrogens with zero attached hydrogens (tertiary/aromatic N) is 3. The molecule has 1 heterocycles. The van der Waals surface area contributed by atoms with E-state index in [-0.39, 0.29) is 12.3 Å². The minimum absolute atomic E-state index is 0.0435. The first-order chi connectivity index (χ1) is 13.6. The van der Waals surface area contributed by atoms with Gasteiger partial charge in [-0.3, -0.25) is 19.9 Å². The molecule has 1 aromatic heterocycles. The van der Waals surface area contributed by atoms with Gasteiger partial charge in [-0.15, -0.1) is 0 Å². The van der Waals surface area contributed by atoms with E-state index in [0.717, 1.165) is 15.8 Å². The van der Waals surface area contributed by atoms with Crippen LogP contribution in [0.5, 0.6) is 0 Å². The maximum atomic E-state index is 11.5. The van der Waals surface area contributed by atoms with Crippen LogP contribution in [0.4, 0.5) is 5.69 Å². The first-order valence-electron chi connectivity index (χ1n) is 8.19. The molecule has 0 fully saturated rings. The van der Waals surface area contributed by atoms with Crippen molar-refractivity contribution in [2.45, 2.75) is 9.79 Å². The third-order valence-electron chi connectivity index (χ3n) is 3.68. The number of nitrogens with one attached hydrogen (secondary N) is 1. The van der Waals surface area contributed by atoms with Crippen molar-refractivity contribution in [3.8, 4) is 0 Å². The smallest absolute Gasteiger partial charge is 0.283 e. The number of carbonyl (C=O) groups excluding carboxylic acids is 1. The monoisotopic (exact) mass is 396 g/mol. The quantitative estimate of drug-likeness (QED) is 0.373. The van der Waals surface area contributed by atoms with Crippen molar-refractivity contribution in [1.29, 1.82) is 0 Å². The number of fused-ring (bicyclic) bond motifs is 1. The Morgan fingerprint density at radius 1 is 1.29 bits per heavy atom. The molecule has 0 saturated carbocycles. The molecule has 0 aliphatic heterocycles. The second kappa shape index (κ2) is 9.07. The van der Waals surface area contributed by atoms with E-state index >= 15 is 0 Å². The molecular weight excluding hydrogens is 380 g/mol. The topological polar surface area (TPSA) is 107 Å². The Kier molecular flexibility index (Phi) is 6.30. The normalized spacial score (nSPS) is 11.0. The van der Waals surface area contributed by atoms with Crippen LogP contribution in [0.15, 0.2) is 69.6 Å². The predicted octanol–water partition coefficient (Wildman–Crippen LogP) is 3.39. The van der Waals surface area contributed by atoms with Crippen LogP contribution in [0.2, 0.25) is 0 Å². The molecule has 0 bridgehead atoms. The molecule has 0 atom stereocenters. The lowest BCUT2D eigenvalue weighted by atomic mass is 10.2. The standard InChI is InChI=1S/C19H16N4O4S/c1-27-12-19(24)22-21-11-13-7-8-18(16(10-13)23(25)26)28-17-6-2-5-15-14(17)4-3-9-20-15/h2-11H,12H2,1H3,(H,22,24)/b21-11+. The lowest BCUT2D eigenvalue weighted by Gasteiger charge is -2.07. The van der Waals surface area contributed by atoms with Crippen LogP contribution in [0, 0.1) is 10.1 Å². The van der Waals surface area contributed by atoms with Gasteiger partial charge >= 0.3 is 0 Å². The lowest BCUT2D eigenvalue weighted by molar-refractivity contribution is -0.387. The Balaban J connectivity index is 1.86. The van der Waals surface area contributed by atoms with Gasteiger partial charge in [0.25, 0.3) is 11.6 Å². The molecule has 3 aromatic rings. The van der Waals surface area contributed by atoms with Crippen LogP contribution in [0.1, 0.15) is 5.56 Å². The van der Waals surface area contributed by atoms with Crippen molar-refractivity contribution < 1.29 is 14.5 Å². The predicted molar refractivity (Wildman–Crippen MR) is 107 cm³/mol. The van der Waals surface area contributed by atoms with E-state index < -0.39 is 10.8 Å². The van der Waals surface area contributed by atoms with Crippen molar-refractivity contribution >= 4 is 40.5 Å². The van der Waals surface area contributed by atoms with E-state index in [4.69, 9.17) is 0 Å². The average Bonchev–Trinajstić information content (AvgIpc) is 2.69. The van der Waals surface area contributed by atoms with Crippen molar-refractivity contribution in [1.82, 2.24) is 10.4 Å². The highest BCUT2D eigenvalue weighted by Gasteiger charge is 2.16. The zero-order chi connectivity index (χ0) is 19.9. The molecule has 0 spiro atoms. The van der Waals surface area contributed by atoms with Gasteiger partial charge in [-0.25, -0.2) is 5.43 Å². The Morgan fingerprint density at radius 3 is 2.93 bits per heavy atom. The zero-order valence-corrected chi connectivity index (χ0v) is 15.7. The van der Waals surface area contributed by atoms with E-state index in [9.17, 15) is 14.9 Å². The number of hydrogen-bond acceptors (Lipinski definition) is 7. The summed E-state index contributed by atoms with van der Waals surface area (Å²) in [5.41, 5.74) is 3.55. The third kappa shape index (κ3) is 4.70. The van der Waals surface area contributed by atoms with Gasteiger partial charge in [0.15, 0.2) is 0 Å². The molecule has 1 amide bonds. The second-order valence-electron chi connectivity index (χ2n) is 5.64. The van der Waals surface area contributed by atoms with Gasteiger partial charge in [0, 0.05) is 35.2 Å². The number of carbonyl (C=O) groups is 1. The molecule has 28 heavy (non-hydrogen) atoms. The number of ether oxygens (including phenoxy) is 1. The second-order valence-corrected chi connectivity index (χ2v) is 6.72. The molecule has 3 rings (SSSR count). The summed E-state index contributed by atoms with van der Waals surface area (Å²) in [6, 6.07) is 14.2. The number of hydrogen-bond donors (Lipinski definition) is 1. The summed E-state index contributed by atoms with van der Waals surface area (Å²) in [7, 11) is 1.40. The molecule has 0 saturated heterocycles. The molecule has 0 radical (unpaired) electrons. The number of nitro benzene ring substituents is 1. The maximum absolute atomic E-state index is 11.5. The molecule has 2 aromatic carbocycles. The van der Waals surface area contributed by atoms with Crippen molar-refractivity contribution in [2.75, 3.05) is 13.7 Å². The van der Waals surface area contributed by atoms with E-state index in [1.807, 2.05) is 30.3 Å². The number of benzene rings is 2. The van der Waals surface area contributed by atoms with E-state index in [0.29, 0.717) is 10.5 Å². The molecular formula is C19H16N4O4S. The highest BCUT2D eigenvalue weighted by atomic mass is 32.2. The van der Waals surface area contributed by atoms with Crippen LogP contribution in [-0.4, -0.2) is 35.7 Å². The van der Waals surface area contributed by atoms with Crippen LogP contribution in [0.25, 0.3) is 10.9 Å². The van der Waals surface area contributed by atoms with Gasteiger partial charge in [-0.05, 0) is 24.3 Å². The summed E-state index contributed by atoms with van der Waals surface area (Å²) in [4.78, 5) is 28.1. The Labute approximate surface area is 164 Å². The molecule has 142 valence electrons. The highest BCUT2D eigenvalue weighted by Crippen LogP contribution is 2.38. The number of pyridine rings is 1. The van der Waals surface area contributed by atoms with Crippen LogP contribution in [0.3, 0.4) is 0 Å². The number of rotatable bonds is 7. The van der Waals surface area contributed by atoms with Gasteiger partial charge in [0.1, 0.15) is 6.61 Å². The van der Waals surface area contributed by atoms with Gasteiger partial charge in [0.2, 0.25) is 0 Å². The Hall–Kier alpha value is -3.30. The summed E-state index contributed by atoms with van der Waals surface area (Å²) in [6.45, 7) is -0.118. The van der Waals surface area contributed by atoms with Crippen LogP contribution in [-0.2, 0) is 9.53 Å². The van der Waals surface area contributed by atoms with Gasteiger partial charge in [-0.1, -0.05) is 30.0 Å². The fourth-order valence-electron chi connectivity index (χ4n) is 2.47. The van der Waals surface area contributed by atoms with E-state index in [2.05, 4.69) is 20.2 Å². The maximum Gasteiger partial charge on any atom is 0.283 e. The molecule has 1 N–H and O–H groups in total. The van der Waals surface area contributed by atoms with Crippen molar-refractivity contribution in [2.24, 2.45) is 5.10 Å². The molecule has 9 heteroatoms. The largest absolute Gasteiger partial charge is 0.375 e. The molecule has 0 aliphatic carbocycles. The zero-order valence-electron chi connectivity index (χ0n) is 14.9. The van der Waals surface area contributed by atoms with Crippen molar-refractivity contribution in [3.63, 3.8) is 0 Å². The highest BCUT2D eigenvalue weighted by molar-refractivity contribution is 7.99. The average molecular weight is 396 g/mol. The first kappa shape index (κ1) is 19.5. The number of nitro groups is 1. The minimum Gasteiger partial charge on any atom is -0.375 e. The lowest BCUT2D eigenvalue weighted by Crippen LogP contribution is -2.22. The molecule has 0 aliphatic rings. The summed E-state index contributed by atoms with van der Waals surface area (Å²) >= 11 is 1.30. The number of methoxy groups -OCH3 is 1. The fraction of sp³-hybridized carbons (Fsp3) is 0.105. The Morgan fingerprint density at radius 2 is 2.14 bits per heavy atom. The van der Waals surface area contributed by atoms with Crippen LogP contribution >= 0.6 is 11.8 Å². The first-order valence-corrected chi connectivity index (χ1v) is 9.01. The number of hydrazone groups is 1. The van der Waals surface area contributed by atoms with Gasteiger partial charge in [-0.2, -0.15) is 5.10 Å². The van der Waals surface area contributed by atoms with Gasteiger partial charge < -0.3 is 4.74 Å². The SMILES string of the molecule is COCC(=O)N/N=C/c1ccc(Sc2cccc3ncccc23)c([N+](=O)[O-])c1. The van der Waals surface area contributed by atoms with Crippen LogP contribution < -0.4 is 5.43 Å². The van der Waals surface area contributed by atoms with Gasteiger partial charge in [0.05, 0.1) is 21.6 Å². The summed E-state index contributed by atoms with van der Waals surface area (Å²) in [5, 5.41) is 16.2. The fourth-order valence-corrected chi connectivity index (χ4v) is 3.51. The van der Waals surface area contributed by atoms with E-state index in [1.165, 1.54) is 31.2 Å². The van der Waals surface area contributed by atoms with E-state index in [1.54, 1.807) is 18.3 Å².